The molecule has 0 bridgehead atoms. The van der Waals surface area contributed by atoms with Crippen molar-refractivity contribution in [1.29, 1.82) is 0 Å². The highest BCUT2D eigenvalue weighted by atomic mass is 32.1. The first kappa shape index (κ1) is 16.0. The Morgan fingerprint density at radius 2 is 2.08 bits per heavy atom. The van der Waals surface area contributed by atoms with Crippen molar-refractivity contribution in [1.82, 2.24) is 15.3 Å². The van der Waals surface area contributed by atoms with Gasteiger partial charge in [0.2, 0.25) is 0 Å². The van der Waals surface area contributed by atoms with Crippen LogP contribution in [0.4, 0.5) is 5.82 Å². The van der Waals surface area contributed by atoms with Gasteiger partial charge in [0.1, 0.15) is 12.1 Å². The van der Waals surface area contributed by atoms with Crippen LogP contribution in [-0.2, 0) is 0 Å². The molecule has 0 spiro atoms. The number of carbonyl (C=O) groups excluding carboxylic acids is 1. The normalized spacial score (nSPS) is 15.5. The molecule has 25 heavy (non-hydrogen) atoms. The monoisotopic (exact) mass is 352 g/mol. The minimum Gasteiger partial charge on any atom is -0.356 e. The van der Waals surface area contributed by atoms with Gasteiger partial charge < -0.3 is 10.2 Å². The van der Waals surface area contributed by atoms with E-state index in [-0.39, 0.29) is 11.9 Å². The Hall–Kier alpha value is -2.47. The number of amides is 1. The predicted molar refractivity (Wildman–Crippen MR) is 101 cm³/mol. The summed E-state index contributed by atoms with van der Waals surface area (Å²) >= 11 is 1.55. The van der Waals surface area contributed by atoms with Gasteiger partial charge in [-0.15, -0.1) is 0 Å². The molecule has 0 aliphatic carbocycles. The van der Waals surface area contributed by atoms with Gasteiger partial charge in [-0.3, -0.25) is 4.79 Å². The zero-order valence-corrected chi connectivity index (χ0v) is 14.9. The van der Waals surface area contributed by atoms with E-state index in [4.69, 9.17) is 0 Å². The minimum atomic E-state index is 0.0304. The molecular weight excluding hydrogens is 332 g/mol. The van der Waals surface area contributed by atoms with E-state index >= 15 is 0 Å². The Morgan fingerprint density at radius 1 is 1.24 bits per heavy atom. The third-order valence-electron chi connectivity index (χ3n) is 4.68. The van der Waals surface area contributed by atoms with Crippen molar-refractivity contribution in [2.45, 2.75) is 25.8 Å². The highest BCUT2D eigenvalue weighted by Gasteiger charge is 2.23. The Bertz CT molecular complexity index is 886. The molecule has 1 aromatic carbocycles. The van der Waals surface area contributed by atoms with E-state index in [0.29, 0.717) is 0 Å². The summed E-state index contributed by atoms with van der Waals surface area (Å²) in [5.74, 6) is 1.03. The lowest BCUT2D eigenvalue weighted by atomic mass is 10.0. The molecule has 0 atom stereocenters. The summed E-state index contributed by atoms with van der Waals surface area (Å²) in [6, 6.07) is 8.35. The minimum absolute atomic E-state index is 0.0304. The van der Waals surface area contributed by atoms with E-state index in [0.717, 1.165) is 48.2 Å². The Labute approximate surface area is 150 Å². The zero-order chi connectivity index (χ0) is 17.2. The molecule has 128 valence electrons. The van der Waals surface area contributed by atoms with Gasteiger partial charge >= 0.3 is 0 Å². The molecule has 3 heterocycles. The van der Waals surface area contributed by atoms with Gasteiger partial charge in [-0.1, -0.05) is 11.6 Å². The number of piperidine rings is 1. The van der Waals surface area contributed by atoms with Crippen LogP contribution in [0.25, 0.3) is 10.9 Å². The maximum atomic E-state index is 12.2. The third kappa shape index (κ3) is 3.35. The fourth-order valence-electron chi connectivity index (χ4n) is 3.31. The first-order valence-corrected chi connectivity index (χ1v) is 9.44. The Kier molecular flexibility index (Phi) is 4.36. The third-order valence-corrected chi connectivity index (χ3v) is 5.37. The summed E-state index contributed by atoms with van der Waals surface area (Å²) < 4.78 is 0. The molecule has 1 aliphatic heterocycles. The van der Waals surface area contributed by atoms with Crippen molar-refractivity contribution in [3.8, 4) is 0 Å². The molecule has 0 saturated carbocycles. The second kappa shape index (κ2) is 6.80. The topological polar surface area (TPSA) is 58.1 Å². The lowest BCUT2D eigenvalue weighted by Crippen LogP contribution is -2.45. The maximum Gasteiger partial charge on any atom is 0.252 e. The number of nitrogens with zero attached hydrogens (tertiary/aromatic N) is 3. The van der Waals surface area contributed by atoms with Crippen LogP contribution in [0.2, 0.25) is 0 Å². The molecule has 1 fully saturated rings. The van der Waals surface area contributed by atoms with Crippen molar-refractivity contribution < 1.29 is 4.79 Å². The SMILES string of the molecule is Cc1ccc2ncnc(N3CCC(NC(=O)c4ccsc4)CC3)c2c1. The molecule has 1 amide bonds. The van der Waals surface area contributed by atoms with Gasteiger partial charge in [0.15, 0.2) is 0 Å². The summed E-state index contributed by atoms with van der Waals surface area (Å²) in [4.78, 5) is 23.4. The van der Waals surface area contributed by atoms with E-state index in [2.05, 4.69) is 39.2 Å². The molecule has 3 aromatic rings. The summed E-state index contributed by atoms with van der Waals surface area (Å²) in [6.07, 6.45) is 3.48. The first-order chi connectivity index (χ1) is 12.2. The largest absolute Gasteiger partial charge is 0.356 e. The number of nitrogens with one attached hydrogen (secondary N) is 1. The molecule has 5 nitrogen and oxygen atoms in total. The number of rotatable bonds is 3. The van der Waals surface area contributed by atoms with Gasteiger partial charge in [0.05, 0.1) is 5.52 Å². The fraction of sp³-hybridized carbons (Fsp3) is 0.316. The first-order valence-electron chi connectivity index (χ1n) is 8.50. The van der Waals surface area contributed by atoms with Crippen LogP contribution < -0.4 is 10.2 Å². The Morgan fingerprint density at radius 3 is 2.84 bits per heavy atom. The smallest absolute Gasteiger partial charge is 0.252 e. The van der Waals surface area contributed by atoms with Gasteiger partial charge in [-0.05, 0) is 43.3 Å². The van der Waals surface area contributed by atoms with Crippen LogP contribution in [0.5, 0.6) is 0 Å². The highest BCUT2D eigenvalue weighted by Crippen LogP contribution is 2.26. The summed E-state index contributed by atoms with van der Waals surface area (Å²) in [6.45, 7) is 3.85. The van der Waals surface area contributed by atoms with E-state index in [1.807, 2.05) is 22.9 Å². The predicted octanol–water partition coefficient (Wildman–Crippen LogP) is 3.40. The van der Waals surface area contributed by atoms with Crippen LogP contribution in [0.15, 0.2) is 41.4 Å². The molecule has 6 heteroatoms. The highest BCUT2D eigenvalue weighted by molar-refractivity contribution is 7.08. The number of fused-ring (bicyclic) bond motifs is 1. The van der Waals surface area contributed by atoms with Gasteiger partial charge in [-0.2, -0.15) is 11.3 Å². The average molecular weight is 352 g/mol. The van der Waals surface area contributed by atoms with E-state index < -0.39 is 0 Å². The quantitative estimate of drug-likeness (QED) is 0.785. The molecule has 1 N–H and O–H groups in total. The second-order valence-electron chi connectivity index (χ2n) is 6.46. The van der Waals surface area contributed by atoms with Crippen LogP contribution in [-0.4, -0.2) is 35.0 Å². The van der Waals surface area contributed by atoms with Crippen molar-refractivity contribution in [3.05, 3.63) is 52.5 Å². The van der Waals surface area contributed by atoms with Crippen LogP contribution >= 0.6 is 11.3 Å². The number of carbonyl (C=O) groups is 1. The molecule has 0 radical (unpaired) electrons. The number of anilines is 1. The molecule has 0 unspecified atom stereocenters. The summed E-state index contributed by atoms with van der Waals surface area (Å²) in [5.41, 5.74) is 2.94. The zero-order valence-electron chi connectivity index (χ0n) is 14.1. The number of thiophene rings is 1. The van der Waals surface area contributed by atoms with Crippen LogP contribution in [0.1, 0.15) is 28.8 Å². The van der Waals surface area contributed by atoms with Crippen molar-refractivity contribution in [3.63, 3.8) is 0 Å². The van der Waals surface area contributed by atoms with Gasteiger partial charge in [0, 0.05) is 35.5 Å². The van der Waals surface area contributed by atoms with Gasteiger partial charge in [-0.25, -0.2) is 9.97 Å². The van der Waals surface area contributed by atoms with E-state index in [1.54, 1.807) is 17.7 Å². The number of aromatic nitrogens is 2. The lowest BCUT2D eigenvalue weighted by molar-refractivity contribution is 0.0931. The van der Waals surface area contributed by atoms with Crippen LogP contribution in [0.3, 0.4) is 0 Å². The molecular formula is C19H20N4OS. The maximum absolute atomic E-state index is 12.2. The molecule has 4 rings (SSSR count). The van der Waals surface area contributed by atoms with Gasteiger partial charge in [0.25, 0.3) is 5.91 Å². The van der Waals surface area contributed by atoms with Crippen molar-refractivity contribution >= 4 is 34.0 Å². The van der Waals surface area contributed by atoms with Crippen molar-refractivity contribution in [2.75, 3.05) is 18.0 Å². The number of aryl methyl sites for hydroxylation is 1. The summed E-state index contributed by atoms with van der Waals surface area (Å²) in [5, 5.41) is 8.07. The molecule has 2 aromatic heterocycles. The number of hydrogen-bond acceptors (Lipinski definition) is 5. The summed E-state index contributed by atoms with van der Waals surface area (Å²) in [7, 11) is 0. The van der Waals surface area contributed by atoms with E-state index in [9.17, 15) is 4.79 Å². The van der Waals surface area contributed by atoms with Crippen LogP contribution in [0, 0.1) is 6.92 Å². The second-order valence-corrected chi connectivity index (χ2v) is 7.24. The molecule has 1 aliphatic rings. The van der Waals surface area contributed by atoms with E-state index in [1.165, 1.54) is 5.56 Å². The lowest BCUT2D eigenvalue weighted by Gasteiger charge is -2.33. The number of benzene rings is 1. The average Bonchev–Trinajstić information content (AvgIpc) is 3.17. The molecule has 1 saturated heterocycles. The number of hydrogen-bond donors (Lipinski definition) is 1. The Balaban J connectivity index is 1.45. The fourth-order valence-corrected chi connectivity index (χ4v) is 3.94. The van der Waals surface area contributed by atoms with Crippen molar-refractivity contribution in [2.24, 2.45) is 0 Å². The standard InChI is InChI=1S/C19H20N4OS/c1-13-2-3-17-16(10-13)18(21-12-20-17)23-7-4-15(5-8-23)22-19(24)14-6-9-25-11-14/h2-3,6,9-12,15H,4-5,7-8H2,1H3,(H,22,24).